The van der Waals surface area contributed by atoms with Gasteiger partial charge in [-0.25, -0.2) is 4.39 Å². The lowest BCUT2D eigenvalue weighted by molar-refractivity contribution is -0.404. The Morgan fingerprint density at radius 2 is 1.48 bits per heavy atom. The van der Waals surface area contributed by atoms with Crippen LogP contribution in [0.4, 0.5) is 27.1 Å². The summed E-state index contributed by atoms with van der Waals surface area (Å²) >= 11 is 0. The molecule has 2 rings (SSSR count). The first kappa shape index (κ1) is 19.2. The lowest BCUT2D eigenvalue weighted by Gasteiger charge is -1.97. The highest BCUT2D eigenvalue weighted by atomic mass is 19.1. The second kappa shape index (κ2) is 7.63. The molecule has 0 aromatic heterocycles. The maximum absolute atomic E-state index is 12.5. The summed E-state index contributed by atoms with van der Waals surface area (Å²) in [5.74, 6) is -1.45. The van der Waals surface area contributed by atoms with E-state index in [1.165, 1.54) is 6.07 Å². The number of phenols is 1. The van der Waals surface area contributed by atoms with Gasteiger partial charge in [-0.15, -0.1) is 0 Å². The van der Waals surface area contributed by atoms with Crippen LogP contribution in [0, 0.1) is 43.1 Å². The van der Waals surface area contributed by atoms with Gasteiger partial charge >= 0.3 is 11.4 Å². The number of nitro groups is 3. The topological polar surface area (TPSA) is 176 Å². The number of nitro benzene ring substituents is 3. The average Bonchev–Trinajstić information content (AvgIpc) is 2.52. The van der Waals surface area contributed by atoms with Gasteiger partial charge in [0.15, 0.2) is 0 Å². The van der Waals surface area contributed by atoms with E-state index in [1.54, 1.807) is 19.1 Å². The lowest BCUT2D eigenvalue weighted by Crippen LogP contribution is -1.97. The van der Waals surface area contributed by atoms with Gasteiger partial charge in [0.2, 0.25) is 0 Å². The van der Waals surface area contributed by atoms with Crippen molar-refractivity contribution in [1.82, 2.24) is 0 Å². The average molecular weight is 354 g/mol. The summed E-state index contributed by atoms with van der Waals surface area (Å²) in [6.07, 6.45) is 0. The summed E-state index contributed by atoms with van der Waals surface area (Å²) < 4.78 is 12.5. The first-order chi connectivity index (χ1) is 11.6. The quantitative estimate of drug-likeness (QED) is 0.480. The van der Waals surface area contributed by atoms with Crippen molar-refractivity contribution < 1.29 is 24.3 Å². The van der Waals surface area contributed by atoms with Gasteiger partial charge < -0.3 is 10.8 Å². The zero-order valence-corrected chi connectivity index (χ0v) is 12.6. The van der Waals surface area contributed by atoms with Crippen molar-refractivity contribution in [1.29, 1.82) is 0 Å². The largest absolute Gasteiger partial charge is 0.497 e. The molecule has 0 amide bonds. The van der Waals surface area contributed by atoms with Crippen LogP contribution in [-0.4, -0.2) is 19.9 Å². The van der Waals surface area contributed by atoms with Crippen LogP contribution in [0.2, 0.25) is 0 Å². The third-order valence-corrected chi connectivity index (χ3v) is 2.97. The van der Waals surface area contributed by atoms with Crippen LogP contribution in [-0.2, 0) is 0 Å². The summed E-state index contributed by atoms with van der Waals surface area (Å²) in [6, 6.07) is 5.56. The smallest absolute Gasteiger partial charge is 0.324 e. The van der Waals surface area contributed by atoms with E-state index in [-0.39, 0.29) is 5.82 Å². The highest BCUT2D eigenvalue weighted by Gasteiger charge is 2.30. The van der Waals surface area contributed by atoms with Crippen molar-refractivity contribution in [3.63, 3.8) is 0 Å². The van der Waals surface area contributed by atoms with Crippen LogP contribution >= 0.6 is 0 Å². The van der Waals surface area contributed by atoms with E-state index >= 15 is 0 Å². The second-order valence-corrected chi connectivity index (χ2v) is 4.56. The van der Waals surface area contributed by atoms with Crippen LogP contribution in [0.1, 0.15) is 5.56 Å². The minimum Gasteiger partial charge on any atom is -0.497 e. The maximum atomic E-state index is 12.5. The predicted molar refractivity (Wildman–Crippen MR) is 83.6 cm³/mol. The third-order valence-electron chi connectivity index (χ3n) is 2.97. The van der Waals surface area contributed by atoms with Gasteiger partial charge in [-0.05, 0) is 19.1 Å². The standard InChI is InChI=1S/C7H8FN.C6H3N3O7/c1-5-6(8)3-2-4-7(5)9;10-6-4(8(13)14)1-3(7(11)12)2-5(6)9(15)16/h2-4H,9H2,1H3;1-2,10H. The minimum atomic E-state index is -1.21. The number of benzene rings is 2. The Morgan fingerprint density at radius 3 is 1.80 bits per heavy atom. The van der Waals surface area contributed by atoms with E-state index < -0.39 is 37.6 Å². The summed E-state index contributed by atoms with van der Waals surface area (Å²) in [4.78, 5) is 27.8. The van der Waals surface area contributed by atoms with E-state index in [2.05, 4.69) is 0 Å². The molecule has 3 N–H and O–H groups in total. The molecule has 132 valence electrons. The Hall–Kier alpha value is -3.83. The molecule has 0 saturated carbocycles. The van der Waals surface area contributed by atoms with E-state index in [4.69, 9.17) is 10.8 Å². The lowest BCUT2D eigenvalue weighted by atomic mass is 10.2. The number of nitrogens with two attached hydrogens (primary N) is 1. The van der Waals surface area contributed by atoms with Crippen molar-refractivity contribution >= 4 is 22.7 Å². The number of aromatic hydroxyl groups is 1. The molecule has 2 aromatic carbocycles. The molecule has 12 heteroatoms. The monoisotopic (exact) mass is 354 g/mol. The summed E-state index contributed by atoms with van der Waals surface area (Å²) in [5, 5.41) is 40.2. The van der Waals surface area contributed by atoms with Gasteiger partial charge in [-0.3, -0.25) is 30.3 Å². The van der Waals surface area contributed by atoms with Crippen molar-refractivity contribution in [3.8, 4) is 5.75 Å². The molecule has 0 radical (unpaired) electrons. The maximum Gasteiger partial charge on any atom is 0.324 e. The normalized spacial score (nSPS) is 9.68. The minimum absolute atomic E-state index is 0.241. The van der Waals surface area contributed by atoms with Crippen molar-refractivity contribution in [2.45, 2.75) is 6.92 Å². The zero-order valence-electron chi connectivity index (χ0n) is 12.6. The number of hydrogen-bond acceptors (Lipinski definition) is 8. The molecule has 25 heavy (non-hydrogen) atoms. The van der Waals surface area contributed by atoms with Gasteiger partial charge in [-0.2, -0.15) is 0 Å². The fourth-order valence-corrected chi connectivity index (χ4v) is 1.60. The highest BCUT2D eigenvalue weighted by Crippen LogP contribution is 2.38. The van der Waals surface area contributed by atoms with E-state index in [9.17, 15) is 34.7 Å². The summed E-state index contributed by atoms with van der Waals surface area (Å²) in [5.41, 5.74) is 3.41. The number of nitrogen functional groups attached to an aromatic ring is 1. The Kier molecular flexibility index (Phi) is 5.86. The molecule has 11 nitrogen and oxygen atoms in total. The van der Waals surface area contributed by atoms with Crippen LogP contribution < -0.4 is 5.73 Å². The molecular weight excluding hydrogens is 343 g/mol. The molecule has 0 saturated heterocycles. The number of halogens is 1. The first-order valence-corrected chi connectivity index (χ1v) is 6.37. The van der Waals surface area contributed by atoms with Gasteiger partial charge in [0, 0.05) is 11.3 Å². The van der Waals surface area contributed by atoms with Gasteiger partial charge in [-0.1, -0.05) is 6.07 Å². The Bertz CT molecular complexity index is 801. The number of anilines is 1. The van der Waals surface area contributed by atoms with Gasteiger partial charge in [0.25, 0.3) is 11.4 Å². The summed E-state index contributed by atoms with van der Waals surface area (Å²) in [6.45, 7) is 1.66. The second-order valence-electron chi connectivity index (χ2n) is 4.56. The van der Waals surface area contributed by atoms with E-state index in [1.807, 2.05) is 0 Å². The van der Waals surface area contributed by atoms with Crippen LogP contribution in [0.15, 0.2) is 30.3 Å². The van der Waals surface area contributed by atoms with Gasteiger partial charge in [0.05, 0.1) is 26.9 Å². The van der Waals surface area contributed by atoms with E-state index in [0.29, 0.717) is 23.4 Å². The van der Waals surface area contributed by atoms with Gasteiger partial charge in [0.1, 0.15) is 5.82 Å². The SMILES string of the molecule is Cc1c(N)cccc1F.O=[N+]([O-])c1cc([N+](=O)[O-])c(O)c([N+](=O)[O-])c1. The molecule has 0 spiro atoms. The first-order valence-electron chi connectivity index (χ1n) is 6.37. The molecule has 0 aliphatic heterocycles. The number of nitrogens with zero attached hydrogens (tertiary/aromatic N) is 3. The molecular formula is C13H11FN4O7. The molecule has 0 fully saturated rings. The Morgan fingerprint density at radius 1 is 1.00 bits per heavy atom. The highest BCUT2D eigenvalue weighted by molar-refractivity contribution is 5.64. The predicted octanol–water partition coefficient (Wildman–Crippen LogP) is 2.83. The van der Waals surface area contributed by atoms with E-state index in [0.717, 1.165) is 0 Å². The van der Waals surface area contributed by atoms with Crippen molar-refractivity contribution in [2.75, 3.05) is 5.73 Å². The van der Waals surface area contributed by atoms with Crippen LogP contribution in [0.5, 0.6) is 5.75 Å². The number of rotatable bonds is 3. The van der Waals surface area contributed by atoms with Crippen molar-refractivity contribution in [2.24, 2.45) is 0 Å². The number of hydrogen-bond donors (Lipinski definition) is 2. The Labute approximate surface area is 138 Å². The van der Waals surface area contributed by atoms with Crippen molar-refractivity contribution in [3.05, 3.63) is 72.1 Å². The zero-order chi connectivity index (χ0) is 19.3. The third kappa shape index (κ3) is 4.57. The molecule has 0 atom stereocenters. The molecule has 2 aromatic rings. The molecule has 0 aliphatic carbocycles. The number of phenolic OH excluding ortho intramolecular Hbond substituents is 1. The Balaban J connectivity index is 0.000000293. The molecule has 0 aliphatic rings. The van der Waals surface area contributed by atoms with Crippen LogP contribution in [0.3, 0.4) is 0 Å². The fourth-order valence-electron chi connectivity index (χ4n) is 1.60. The molecule has 0 bridgehead atoms. The number of non-ortho nitro benzene ring substituents is 1. The van der Waals surface area contributed by atoms with Crippen LogP contribution in [0.25, 0.3) is 0 Å². The fraction of sp³-hybridized carbons (Fsp3) is 0.0769. The molecule has 0 unspecified atom stereocenters. The summed E-state index contributed by atoms with van der Waals surface area (Å²) in [7, 11) is 0. The molecule has 0 heterocycles.